The third-order valence-electron chi connectivity index (χ3n) is 4.39. The van der Waals surface area contributed by atoms with Gasteiger partial charge in [-0.25, -0.2) is 13.2 Å². The SMILES string of the molecule is O=C(Nc1ccc(S(=O)(=O)Nc2cccc(Br)c2)cc1)N1CCCCCC1. The number of benzene rings is 2. The maximum atomic E-state index is 12.5. The molecule has 1 fully saturated rings. The van der Waals surface area contributed by atoms with Gasteiger partial charge in [0.1, 0.15) is 0 Å². The molecule has 1 heterocycles. The second-order valence-electron chi connectivity index (χ2n) is 6.47. The van der Waals surface area contributed by atoms with Crippen LogP contribution in [0.2, 0.25) is 0 Å². The standard InChI is InChI=1S/C19H22BrN3O3S/c20-15-6-5-7-17(14-15)22-27(25,26)18-10-8-16(9-11-18)21-19(24)23-12-3-1-2-4-13-23/h5-11,14,22H,1-4,12-13H2,(H,21,24). The fourth-order valence-electron chi connectivity index (χ4n) is 2.96. The summed E-state index contributed by atoms with van der Waals surface area (Å²) in [5.41, 5.74) is 1.05. The number of sulfonamides is 1. The second kappa shape index (κ2) is 8.75. The Morgan fingerprint density at radius 2 is 1.59 bits per heavy atom. The van der Waals surface area contributed by atoms with Crippen molar-refractivity contribution in [1.82, 2.24) is 4.90 Å². The van der Waals surface area contributed by atoms with Gasteiger partial charge in [0.2, 0.25) is 0 Å². The third-order valence-corrected chi connectivity index (χ3v) is 6.28. The zero-order valence-corrected chi connectivity index (χ0v) is 17.2. The Balaban J connectivity index is 1.66. The number of rotatable bonds is 4. The van der Waals surface area contributed by atoms with Crippen LogP contribution in [0.1, 0.15) is 25.7 Å². The molecule has 2 N–H and O–H groups in total. The first-order valence-corrected chi connectivity index (χ1v) is 11.2. The van der Waals surface area contributed by atoms with Crippen LogP contribution in [0.5, 0.6) is 0 Å². The zero-order valence-electron chi connectivity index (χ0n) is 14.8. The molecule has 2 aromatic carbocycles. The highest BCUT2D eigenvalue weighted by molar-refractivity contribution is 9.10. The van der Waals surface area contributed by atoms with Crippen molar-refractivity contribution in [3.8, 4) is 0 Å². The lowest BCUT2D eigenvalue weighted by Gasteiger charge is -2.20. The van der Waals surface area contributed by atoms with Crippen LogP contribution in [0, 0.1) is 0 Å². The average Bonchev–Trinajstić information content (AvgIpc) is 2.91. The molecule has 8 heteroatoms. The topological polar surface area (TPSA) is 78.5 Å². The van der Waals surface area contributed by atoms with Gasteiger partial charge < -0.3 is 10.2 Å². The van der Waals surface area contributed by atoms with E-state index in [4.69, 9.17) is 0 Å². The summed E-state index contributed by atoms with van der Waals surface area (Å²) in [5.74, 6) is 0. The third kappa shape index (κ3) is 5.46. The highest BCUT2D eigenvalue weighted by Crippen LogP contribution is 2.21. The number of anilines is 2. The lowest BCUT2D eigenvalue weighted by Crippen LogP contribution is -2.35. The Morgan fingerprint density at radius 3 is 2.22 bits per heavy atom. The number of nitrogens with zero attached hydrogens (tertiary/aromatic N) is 1. The van der Waals surface area contributed by atoms with E-state index in [2.05, 4.69) is 26.0 Å². The molecule has 0 spiro atoms. The molecule has 0 atom stereocenters. The van der Waals surface area contributed by atoms with Crippen molar-refractivity contribution >= 4 is 43.4 Å². The van der Waals surface area contributed by atoms with Crippen LogP contribution in [0.15, 0.2) is 57.9 Å². The van der Waals surface area contributed by atoms with Gasteiger partial charge in [-0.2, -0.15) is 0 Å². The van der Waals surface area contributed by atoms with Crippen molar-refractivity contribution in [3.05, 3.63) is 53.0 Å². The number of carbonyl (C=O) groups excluding carboxylic acids is 1. The molecule has 0 aromatic heterocycles. The highest BCUT2D eigenvalue weighted by atomic mass is 79.9. The van der Waals surface area contributed by atoms with E-state index < -0.39 is 10.0 Å². The number of halogens is 1. The number of amides is 2. The summed E-state index contributed by atoms with van der Waals surface area (Å²) >= 11 is 3.32. The lowest BCUT2D eigenvalue weighted by atomic mass is 10.2. The predicted octanol–water partition coefficient (Wildman–Crippen LogP) is 4.66. The van der Waals surface area contributed by atoms with E-state index in [0.29, 0.717) is 11.4 Å². The van der Waals surface area contributed by atoms with E-state index in [1.807, 2.05) is 11.0 Å². The Kier molecular flexibility index (Phi) is 6.38. The molecule has 3 rings (SSSR count). The van der Waals surface area contributed by atoms with Gasteiger partial charge in [-0.05, 0) is 55.3 Å². The summed E-state index contributed by atoms with van der Waals surface area (Å²) < 4.78 is 28.3. The average molecular weight is 452 g/mol. The molecule has 0 bridgehead atoms. The molecule has 1 saturated heterocycles. The van der Waals surface area contributed by atoms with Gasteiger partial charge in [-0.1, -0.05) is 34.8 Å². The van der Waals surface area contributed by atoms with Crippen molar-refractivity contribution in [2.24, 2.45) is 0 Å². The fourth-order valence-corrected chi connectivity index (χ4v) is 4.41. The quantitative estimate of drug-likeness (QED) is 0.709. The monoisotopic (exact) mass is 451 g/mol. The van der Waals surface area contributed by atoms with Gasteiger partial charge in [-0.15, -0.1) is 0 Å². The van der Waals surface area contributed by atoms with Crippen LogP contribution in [0.4, 0.5) is 16.2 Å². The maximum Gasteiger partial charge on any atom is 0.321 e. The smallest absolute Gasteiger partial charge is 0.321 e. The normalized spacial score (nSPS) is 15.1. The fraction of sp³-hybridized carbons (Fsp3) is 0.316. The Hall–Kier alpha value is -2.06. The summed E-state index contributed by atoms with van der Waals surface area (Å²) in [5, 5.41) is 2.84. The van der Waals surface area contributed by atoms with Crippen molar-refractivity contribution in [2.75, 3.05) is 23.1 Å². The molecular formula is C19H22BrN3O3S. The number of urea groups is 1. The summed E-state index contributed by atoms with van der Waals surface area (Å²) in [4.78, 5) is 14.3. The van der Waals surface area contributed by atoms with Crippen LogP contribution in [0.25, 0.3) is 0 Å². The first kappa shape index (κ1) is 19.7. The summed E-state index contributed by atoms with van der Waals surface area (Å²) in [6, 6.07) is 13.0. The predicted molar refractivity (Wildman–Crippen MR) is 110 cm³/mol. The Bertz CT molecular complexity index is 893. The van der Waals surface area contributed by atoms with Gasteiger partial charge in [-0.3, -0.25) is 4.72 Å². The van der Waals surface area contributed by atoms with Gasteiger partial charge in [0.05, 0.1) is 4.90 Å². The zero-order chi connectivity index (χ0) is 19.3. The van der Waals surface area contributed by atoms with Crippen molar-refractivity contribution in [2.45, 2.75) is 30.6 Å². The van der Waals surface area contributed by atoms with E-state index in [9.17, 15) is 13.2 Å². The first-order chi connectivity index (χ1) is 12.9. The van der Waals surface area contributed by atoms with Gasteiger partial charge in [0, 0.05) is 28.9 Å². The van der Waals surface area contributed by atoms with Crippen LogP contribution < -0.4 is 10.0 Å². The Labute approximate surface area is 168 Å². The number of hydrogen-bond donors (Lipinski definition) is 2. The molecule has 0 aliphatic carbocycles. The van der Waals surface area contributed by atoms with E-state index >= 15 is 0 Å². The van der Waals surface area contributed by atoms with E-state index in [0.717, 1.165) is 43.2 Å². The maximum absolute atomic E-state index is 12.5. The molecular weight excluding hydrogens is 430 g/mol. The molecule has 2 amide bonds. The van der Waals surface area contributed by atoms with Gasteiger partial charge in [0.15, 0.2) is 0 Å². The van der Waals surface area contributed by atoms with Crippen LogP contribution in [-0.4, -0.2) is 32.4 Å². The molecule has 2 aromatic rings. The first-order valence-electron chi connectivity index (χ1n) is 8.88. The summed E-state index contributed by atoms with van der Waals surface area (Å²) in [6.07, 6.45) is 4.35. The molecule has 144 valence electrons. The minimum absolute atomic E-state index is 0.134. The number of hydrogen-bond acceptors (Lipinski definition) is 3. The van der Waals surface area contributed by atoms with E-state index in [-0.39, 0.29) is 10.9 Å². The number of likely N-dealkylation sites (tertiary alicyclic amines) is 1. The Morgan fingerprint density at radius 1 is 0.926 bits per heavy atom. The largest absolute Gasteiger partial charge is 0.325 e. The number of nitrogens with one attached hydrogen (secondary N) is 2. The van der Waals surface area contributed by atoms with Crippen LogP contribution in [0.3, 0.4) is 0 Å². The summed E-state index contributed by atoms with van der Waals surface area (Å²) in [6.45, 7) is 1.52. The number of carbonyl (C=O) groups is 1. The molecule has 27 heavy (non-hydrogen) atoms. The second-order valence-corrected chi connectivity index (χ2v) is 9.07. The van der Waals surface area contributed by atoms with Crippen molar-refractivity contribution in [1.29, 1.82) is 0 Å². The molecule has 1 aliphatic heterocycles. The lowest BCUT2D eigenvalue weighted by molar-refractivity contribution is 0.214. The van der Waals surface area contributed by atoms with Gasteiger partial charge in [0.25, 0.3) is 10.0 Å². The van der Waals surface area contributed by atoms with Crippen molar-refractivity contribution < 1.29 is 13.2 Å². The molecule has 0 radical (unpaired) electrons. The van der Waals surface area contributed by atoms with Crippen molar-refractivity contribution in [3.63, 3.8) is 0 Å². The van der Waals surface area contributed by atoms with Crippen LogP contribution in [-0.2, 0) is 10.0 Å². The molecule has 1 aliphatic rings. The minimum atomic E-state index is -3.69. The van der Waals surface area contributed by atoms with Gasteiger partial charge >= 0.3 is 6.03 Å². The molecule has 6 nitrogen and oxygen atoms in total. The molecule has 0 saturated carbocycles. The van der Waals surface area contributed by atoms with E-state index in [1.165, 1.54) is 12.1 Å². The van der Waals surface area contributed by atoms with E-state index in [1.54, 1.807) is 30.3 Å². The van der Waals surface area contributed by atoms with Crippen LogP contribution >= 0.6 is 15.9 Å². The highest BCUT2D eigenvalue weighted by Gasteiger charge is 2.17. The molecule has 0 unspecified atom stereocenters. The minimum Gasteiger partial charge on any atom is -0.325 e. The summed E-state index contributed by atoms with van der Waals surface area (Å²) in [7, 11) is -3.69.